The maximum atomic E-state index is 14.1. The lowest BCUT2D eigenvalue weighted by Crippen LogP contribution is -2.33. The summed E-state index contributed by atoms with van der Waals surface area (Å²) in [6.45, 7) is 3.33. The highest BCUT2D eigenvalue weighted by molar-refractivity contribution is 9.10. The summed E-state index contributed by atoms with van der Waals surface area (Å²) in [4.78, 5) is 0. The van der Waals surface area contributed by atoms with Gasteiger partial charge in [0.15, 0.2) is 0 Å². The Labute approximate surface area is 130 Å². The zero-order chi connectivity index (χ0) is 14.5. The molecule has 112 valence electrons. The molecule has 2 rings (SSSR count). The summed E-state index contributed by atoms with van der Waals surface area (Å²) in [6.07, 6.45) is 6.00. The van der Waals surface area contributed by atoms with Gasteiger partial charge < -0.3 is 5.32 Å². The second kappa shape index (κ2) is 7.56. The van der Waals surface area contributed by atoms with Crippen LogP contribution in [0.15, 0.2) is 22.7 Å². The maximum absolute atomic E-state index is 14.1. The second-order valence-electron chi connectivity index (χ2n) is 6.11. The molecular weight excluding hydrogens is 317 g/mol. The molecule has 0 radical (unpaired) electrons. The molecule has 0 saturated heterocycles. The molecule has 3 unspecified atom stereocenters. The summed E-state index contributed by atoms with van der Waals surface area (Å²) in [6, 6.07) is 5.47. The number of hydrogen-bond donors (Lipinski definition) is 1. The molecule has 1 aliphatic carbocycles. The fourth-order valence-electron chi connectivity index (χ4n) is 3.55. The molecule has 3 atom stereocenters. The van der Waals surface area contributed by atoms with E-state index < -0.39 is 0 Å². The summed E-state index contributed by atoms with van der Waals surface area (Å²) in [7, 11) is 2.02. The molecule has 0 heterocycles. The lowest BCUT2D eigenvalue weighted by atomic mass is 9.71. The molecule has 0 spiro atoms. The zero-order valence-electron chi connectivity index (χ0n) is 12.5. The Bertz CT molecular complexity index is 435. The van der Waals surface area contributed by atoms with Gasteiger partial charge in [-0.3, -0.25) is 0 Å². The molecule has 1 aromatic rings. The van der Waals surface area contributed by atoms with Gasteiger partial charge in [-0.25, -0.2) is 4.39 Å². The van der Waals surface area contributed by atoms with E-state index in [1.54, 1.807) is 6.07 Å². The third-order valence-electron chi connectivity index (χ3n) is 4.79. The Morgan fingerprint density at radius 3 is 2.75 bits per heavy atom. The molecule has 1 saturated carbocycles. The van der Waals surface area contributed by atoms with Crippen LogP contribution in [0.2, 0.25) is 0 Å². The smallest absolute Gasteiger partial charge is 0.127 e. The molecule has 3 heteroatoms. The monoisotopic (exact) mass is 341 g/mol. The van der Waals surface area contributed by atoms with Crippen LogP contribution in [0.1, 0.15) is 38.2 Å². The van der Waals surface area contributed by atoms with Gasteiger partial charge >= 0.3 is 0 Å². The van der Waals surface area contributed by atoms with Gasteiger partial charge in [-0.1, -0.05) is 41.8 Å². The van der Waals surface area contributed by atoms with Crippen LogP contribution in [0.3, 0.4) is 0 Å². The Hall–Kier alpha value is -0.410. The highest BCUT2D eigenvalue weighted by Gasteiger charge is 2.29. The van der Waals surface area contributed by atoms with Crippen LogP contribution in [-0.2, 0) is 6.42 Å². The Balaban J connectivity index is 2.09. The van der Waals surface area contributed by atoms with E-state index >= 15 is 0 Å². The zero-order valence-corrected chi connectivity index (χ0v) is 14.0. The number of halogens is 2. The molecule has 1 aromatic carbocycles. The van der Waals surface area contributed by atoms with Crippen molar-refractivity contribution in [3.05, 3.63) is 34.1 Å². The molecule has 1 fully saturated rings. The predicted molar refractivity (Wildman–Crippen MR) is 86.3 cm³/mol. The minimum atomic E-state index is -0.0683. The number of hydrogen-bond acceptors (Lipinski definition) is 1. The van der Waals surface area contributed by atoms with Crippen LogP contribution in [-0.4, -0.2) is 13.6 Å². The first-order valence-corrected chi connectivity index (χ1v) is 8.51. The number of benzene rings is 1. The van der Waals surface area contributed by atoms with Crippen molar-refractivity contribution in [3.63, 3.8) is 0 Å². The van der Waals surface area contributed by atoms with E-state index in [9.17, 15) is 4.39 Å². The lowest BCUT2D eigenvalue weighted by molar-refractivity contribution is 0.172. The lowest BCUT2D eigenvalue weighted by Gasteiger charge is -2.36. The van der Waals surface area contributed by atoms with Crippen molar-refractivity contribution in [2.75, 3.05) is 13.6 Å². The normalized spacial score (nSPS) is 26.7. The van der Waals surface area contributed by atoms with E-state index in [4.69, 9.17) is 0 Å². The summed E-state index contributed by atoms with van der Waals surface area (Å²) in [5.41, 5.74) is 0.871. The molecule has 0 aliphatic heterocycles. The van der Waals surface area contributed by atoms with E-state index in [0.29, 0.717) is 11.8 Å². The largest absolute Gasteiger partial charge is 0.319 e. The van der Waals surface area contributed by atoms with Crippen molar-refractivity contribution in [2.45, 2.75) is 39.0 Å². The summed E-state index contributed by atoms with van der Waals surface area (Å²) in [5.74, 6) is 2.05. The third-order valence-corrected chi connectivity index (χ3v) is 5.28. The first-order valence-electron chi connectivity index (χ1n) is 7.72. The van der Waals surface area contributed by atoms with Gasteiger partial charge in [0.1, 0.15) is 5.82 Å². The second-order valence-corrected chi connectivity index (χ2v) is 7.02. The molecule has 1 aliphatic rings. The Morgan fingerprint density at radius 1 is 1.30 bits per heavy atom. The van der Waals surface area contributed by atoms with Crippen LogP contribution in [0.5, 0.6) is 0 Å². The highest BCUT2D eigenvalue weighted by Crippen LogP contribution is 2.37. The van der Waals surface area contributed by atoms with E-state index in [2.05, 4.69) is 28.2 Å². The van der Waals surface area contributed by atoms with Crippen LogP contribution >= 0.6 is 15.9 Å². The van der Waals surface area contributed by atoms with Crippen molar-refractivity contribution in [2.24, 2.45) is 17.8 Å². The van der Waals surface area contributed by atoms with Crippen molar-refractivity contribution in [1.29, 1.82) is 0 Å². The van der Waals surface area contributed by atoms with Gasteiger partial charge in [0.25, 0.3) is 0 Å². The summed E-state index contributed by atoms with van der Waals surface area (Å²) in [5, 5.41) is 3.31. The van der Waals surface area contributed by atoms with Crippen molar-refractivity contribution < 1.29 is 4.39 Å². The van der Waals surface area contributed by atoms with Gasteiger partial charge in [-0.2, -0.15) is 0 Å². The van der Waals surface area contributed by atoms with Gasteiger partial charge in [0.05, 0.1) is 0 Å². The number of nitrogens with one attached hydrogen (secondary N) is 1. The summed E-state index contributed by atoms with van der Waals surface area (Å²) < 4.78 is 14.9. The maximum Gasteiger partial charge on any atom is 0.127 e. The minimum Gasteiger partial charge on any atom is -0.319 e. The Kier molecular flexibility index (Phi) is 6.03. The molecule has 20 heavy (non-hydrogen) atoms. The minimum absolute atomic E-state index is 0.0683. The third kappa shape index (κ3) is 4.05. The van der Waals surface area contributed by atoms with Crippen LogP contribution in [0.25, 0.3) is 0 Å². The molecule has 1 N–H and O–H groups in total. The standard InChI is InChI=1S/C17H25BrFN/c1-3-12-4-5-14(11-20-2)15(8-12)9-13-6-7-16(18)10-17(13)19/h6-7,10,12,14-15,20H,3-5,8-9,11H2,1-2H3. The predicted octanol–water partition coefficient (Wildman–Crippen LogP) is 4.79. The first kappa shape index (κ1) is 16.0. The molecule has 0 amide bonds. The van der Waals surface area contributed by atoms with Crippen molar-refractivity contribution in [3.8, 4) is 0 Å². The van der Waals surface area contributed by atoms with Crippen molar-refractivity contribution >= 4 is 15.9 Å². The van der Waals surface area contributed by atoms with E-state index in [1.165, 1.54) is 25.7 Å². The molecular formula is C17H25BrFN. The van der Waals surface area contributed by atoms with Gasteiger partial charge in [0.2, 0.25) is 0 Å². The van der Waals surface area contributed by atoms with Gasteiger partial charge in [-0.15, -0.1) is 0 Å². The molecule has 0 aromatic heterocycles. The fourth-order valence-corrected chi connectivity index (χ4v) is 3.88. The van der Waals surface area contributed by atoms with Gasteiger partial charge in [-0.05, 0) is 68.3 Å². The average Bonchev–Trinajstić information content (AvgIpc) is 2.44. The SMILES string of the molecule is CCC1CCC(CNC)C(Cc2ccc(Br)cc2F)C1. The topological polar surface area (TPSA) is 12.0 Å². The molecule has 1 nitrogen and oxygen atoms in total. The van der Waals surface area contributed by atoms with E-state index in [0.717, 1.165) is 28.9 Å². The van der Waals surface area contributed by atoms with E-state index in [1.807, 2.05) is 19.2 Å². The highest BCUT2D eigenvalue weighted by atomic mass is 79.9. The summed E-state index contributed by atoms with van der Waals surface area (Å²) >= 11 is 3.33. The fraction of sp³-hybridized carbons (Fsp3) is 0.647. The number of rotatable bonds is 5. The molecule has 0 bridgehead atoms. The quantitative estimate of drug-likeness (QED) is 0.811. The van der Waals surface area contributed by atoms with Crippen molar-refractivity contribution in [1.82, 2.24) is 5.32 Å². The Morgan fingerprint density at radius 2 is 2.10 bits per heavy atom. The first-order chi connectivity index (χ1) is 9.63. The average molecular weight is 342 g/mol. The van der Waals surface area contributed by atoms with Gasteiger partial charge in [0, 0.05) is 4.47 Å². The van der Waals surface area contributed by atoms with Crippen LogP contribution < -0.4 is 5.32 Å². The van der Waals surface area contributed by atoms with Crippen LogP contribution in [0, 0.1) is 23.6 Å². The van der Waals surface area contributed by atoms with E-state index in [-0.39, 0.29) is 5.82 Å². The van der Waals surface area contributed by atoms with Crippen LogP contribution in [0.4, 0.5) is 4.39 Å².